The van der Waals surface area contributed by atoms with Crippen molar-refractivity contribution in [2.75, 3.05) is 31.1 Å². The van der Waals surface area contributed by atoms with Crippen LogP contribution in [-0.4, -0.2) is 49.5 Å². The van der Waals surface area contributed by atoms with Crippen molar-refractivity contribution < 1.29 is 17.6 Å². The Balaban J connectivity index is 2.15. The molecule has 0 amide bonds. The summed E-state index contributed by atoms with van der Waals surface area (Å²) in [5.41, 5.74) is 1.15. The first-order valence-electron chi connectivity index (χ1n) is 5.76. The predicted octanol–water partition coefficient (Wildman–Crippen LogP) is -0.121. The van der Waals surface area contributed by atoms with Gasteiger partial charge < -0.3 is 10.2 Å². The van der Waals surface area contributed by atoms with E-state index in [0.717, 1.165) is 31.9 Å². The number of aromatic nitrogens is 2. The smallest absolute Gasteiger partial charge is 0.296 e. The zero-order valence-electron chi connectivity index (χ0n) is 9.90. The maximum atomic E-state index is 11.3. The van der Waals surface area contributed by atoms with Crippen molar-refractivity contribution in [3.8, 4) is 0 Å². The van der Waals surface area contributed by atoms with Crippen LogP contribution in [0.15, 0.2) is 21.7 Å². The summed E-state index contributed by atoms with van der Waals surface area (Å²) in [5, 5.41) is 10.5. The quantitative estimate of drug-likeness (QED) is 0.735. The number of benzene rings is 1. The predicted molar refractivity (Wildman–Crippen MR) is 66.7 cm³/mol. The van der Waals surface area contributed by atoms with Crippen LogP contribution in [0.5, 0.6) is 0 Å². The summed E-state index contributed by atoms with van der Waals surface area (Å²) in [5.74, 6) is 0. The molecule has 1 aromatic heterocycles. The van der Waals surface area contributed by atoms with Gasteiger partial charge in [0.2, 0.25) is 0 Å². The number of nitrogens with zero attached hydrogens (tertiary/aromatic N) is 3. The van der Waals surface area contributed by atoms with E-state index in [1.165, 1.54) is 6.07 Å². The van der Waals surface area contributed by atoms with E-state index in [9.17, 15) is 8.42 Å². The van der Waals surface area contributed by atoms with E-state index in [2.05, 4.69) is 25.2 Å². The van der Waals surface area contributed by atoms with E-state index in [1.54, 1.807) is 6.07 Å². The highest BCUT2D eigenvalue weighted by molar-refractivity contribution is 7.86. The van der Waals surface area contributed by atoms with Crippen LogP contribution in [0.25, 0.3) is 11.0 Å². The first-order valence-corrected chi connectivity index (χ1v) is 7.20. The summed E-state index contributed by atoms with van der Waals surface area (Å²) in [6.07, 6.45) is 0. The number of nitrogens with one attached hydrogen (secondary N) is 1. The highest BCUT2D eigenvalue weighted by atomic mass is 32.2. The van der Waals surface area contributed by atoms with Gasteiger partial charge in [0.1, 0.15) is 4.90 Å². The molecule has 102 valence electrons. The number of hydrogen-bond acceptors (Lipinski definition) is 7. The van der Waals surface area contributed by atoms with Crippen molar-refractivity contribution in [3.63, 3.8) is 0 Å². The molecule has 0 saturated carbocycles. The van der Waals surface area contributed by atoms with E-state index in [1.807, 2.05) is 0 Å². The molecule has 1 saturated heterocycles. The summed E-state index contributed by atoms with van der Waals surface area (Å²) in [6, 6.07) is 2.93. The molecule has 1 fully saturated rings. The molecule has 3 rings (SSSR count). The lowest BCUT2D eigenvalue weighted by Gasteiger charge is -2.29. The third kappa shape index (κ3) is 2.15. The molecule has 0 aliphatic carbocycles. The normalized spacial score (nSPS) is 17.0. The van der Waals surface area contributed by atoms with E-state index in [4.69, 9.17) is 4.55 Å². The van der Waals surface area contributed by atoms with Gasteiger partial charge in [0.15, 0.2) is 11.0 Å². The summed E-state index contributed by atoms with van der Waals surface area (Å²) in [4.78, 5) is 1.78. The largest absolute Gasteiger partial charge is 0.367 e. The van der Waals surface area contributed by atoms with Crippen LogP contribution in [0, 0.1) is 0 Å². The van der Waals surface area contributed by atoms with E-state index >= 15 is 0 Å². The van der Waals surface area contributed by atoms with Gasteiger partial charge in [-0.05, 0) is 22.4 Å². The van der Waals surface area contributed by atoms with E-state index in [-0.39, 0.29) is 10.4 Å². The molecule has 0 spiro atoms. The zero-order valence-corrected chi connectivity index (χ0v) is 10.7. The Bertz CT molecular complexity index is 705. The van der Waals surface area contributed by atoms with Gasteiger partial charge in [-0.3, -0.25) is 4.55 Å². The van der Waals surface area contributed by atoms with Crippen molar-refractivity contribution in [1.29, 1.82) is 0 Å². The maximum absolute atomic E-state index is 11.3. The summed E-state index contributed by atoms with van der Waals surface area (Å²) >= 11 is 0. The van der Waals surface area contributed by atoms with Gasteiger partial charge in [0.05, 0.1) is 5.69 Å². The monoisotopic (exact) mass is 284 g/mol. The van der Waals surface area contributed by atoms with Crippen LogP contribution in [0.1, 0.15) is 0 Å². The molecule has 19 heavy (non-hydrogen) atoms. The van der Waals surface area contributed by atoms with Crippen LogP contribution in [0.4, 0.5) is 5.69 Å². The van der Waals surface area contributed by atoms with Gasteiger partial charge in [-0.15, -0.1) is 0 Å². The number of anilines is 1. The van der Waals surface area contributed by atoms with Gasteiger partial charge in [0.25, 0.3) is 10.1 Å². The lowest BCUT2D eigenvalue weighted by Crippen LogP contribution is -2.43. The third-order valence-electron chi connectivity index (χ3n) is 3.09. The number of hydrogen-bond donors (Lipinski definition) is 2. The third-order valence-corrected chi connectivity index (χ3v) is 3.98. The van der Waals surface area contributed by atoms with Gasteiger partial charge in [0, 0.05) is 26.2 Å². The standard InChI is InChI=1S/C10H12N4O4S/c15-19(16,17)8-2-1-7(9-10(8)13-18-12-9)14-5-3-11-4-6-14/h1-2,11H,3-6H2,(H,15,16,17). The molecule has 2 aromatic rings. The maximum Gasteiger partial charge on any atom is 0.296 e. The molecule has 1 aliphatic heterocycles. The average Bonchev–Trinajstić information content (AvgIpc) is 2.86. The van der Waals surface area contributed by atoms with Crippen molar-refractivity contribution in [2.24, 2.45) is 0 Å². The Morgan fingerprint density at radius 2 is 1.89 bits per heavy atom. The molecule has 9 heteroatoms. The molecule has 8 nitrogen and oxygen atoms in total. The molecule has 1 aliphatic rings. The topological polar surface area (TPSA) is 109 Å². The van der Waals surface area contributed by atoms with Crippen molar-refractivity contribution in [3.05, 3.63) is 12.1 Å². The van der Waals surface area contributed by atoms with Crippen molar-refractivity contribution in [2.45, 2.75) is 4.90 Å². The molecule has 0 radical (unpaired) electrons. The fourth-order valence-corrected chi connectivity index (χ4v) is 2.82. The second-order valence-electron chi connectivity index (χ2n) is 4.26. The van der Waals surface area contributed by atoms with Crippen molar-refractivity contribution >= 4 is 26.8 Å². The minimum absolute atomic E-state index is 0.0542. The number of piperazine rings is 1. The van der Waals surface area contributed by atoms with Gasteiger partial charge in [-0.25, -0.2) is 4.63 Å². The van der Waals surface area contributed by atoms with Crippen LogP contribution >= 0.6 is 0 Å². The molecule has 1 aromatic carbocycles. The first kappa shape index (κ1) is 12.3. The van der Waals surface area contributed by atoms with E-state index < -0.39 is 10.1 Å². The highest BCUT2D eigenvalue weighted by Gasteiger charge is 2.23. The summed E-state index contributed by atoms with van der Waals surface area (Å²) < 4.78 is 36.3. The van der Waals surface area contributed by atoms with Crippen molar-refractivity contribution in [1.82, 2.24) is 15.6 Å². The SMILES string of the molecule is O=S(=O)(O)c1ccc(N2CCNCC2)c2nonc12. The number of fused-ring (bicyclic) bond motifs is 1. The fourth-order valence-electron chi connectivity index (χ4n) is 2.20. The second kappa shape index (κ2) is 4.44. The molecule has 0 unspecified atom stereocenters. The van der Waals surface area contributed by atoms with Crippen LogP contribution in [0.3, 0.4) is 0 Å². The van der Waals surface area contributed by atoms with Crippen LogP contribution < -0.4 is 10.2 Å². The lowest BCUT2D eigenvalue weighted by atomic mass is 10.2. The molecule has 0 atom stereocenters. The average molecular weight is 284 g/mol. The minimum atomic E-state index is -4.34. The molecule has 2 N–H and O–H groups in total. The molecule has 2 heterocycles. The number of rotatable bonds is 2. The van der Waals surface area contributed by atoms with Gasteiger partial charge >= 0.3 is 0 Å². The molecule has 0 bridgehead atoms. The van der Waals surface area contributed by atoms with Crippen LogP contribution in [-0.2, 0) is 10.1 Å². The van der Waals surface area contributed by atoms with Gasteiger partial charge in [-0.2, -0.15) is 8.42 Å². The Morgan fingerprint density at radius 1 is 1.21 bits per heavy atom. The zero-order chi connectivity index (χ0) is 13.5. The molecular weight excluding hydrogens is 272 g/mol. The van der Waals surface area contributed by atoms with Gasteiger partial charge in [-0.1, -0.05) is 0 Å². The Kier molecular flexibility index (Phi) is 2.88. The summed E-state index contributed by atoms with van der Waals surface area (Å²) in [7, 11) is -4.34. The fraction of sp³-hybridized carbons (Fsp3) is 0.400. The first-order chi connectivity index (χ1) is 9.07. The highest BCUT2D eigenvalue weighted by Crippen LogP contribution is 2.29. The minimum Gasteiger partial charge on any atom is -0.367 e. The van der Waals surface area contributed by atoms with Crippen LogP contribution in [0.2, 0.25) is 0 Å². The Morgan fingerprint density at radius 3 is 2.58 bits per heavy atom. The second-order valence-corrected chi connectivity index (χ2v) is 5.65. The Hall–Kier alpha value is -1.71. The van der Waals surface area contributed by atoms with E-state index in [0.29, 0.717) is 5.52 Å². The lowest BCUT2D eigenvalue weighted by molar-refractivity contribution is 0.315. The summed E-state index contributed by atoms with van der Waals surface area (Å²) in [6.45, 7) is 3.25. The Labute approximate surface area is 109 Å². The molecular formula is C10H12N4O4S.